The Bertz CT molecular complexity index is 1010. The van der Waals surface area contributed by atoms with Crippen LogP contribution >= 0.6 is 0 Å². The molecule has 2 aromatic heterocycles. The maximum atomic E-state index is 12.2. The number of aromatic nitrogens is 3. The van der Waals surface area contributed by atoms with Crippen LogP contribution in [0.4, 0.5) is 5.82 Å². The van der Waals surface area contributed by atoms with Crippen molar-refractivity contribution in [3.05, 3.63) is 30.1 Å². The van der Waals surface area contributed by atoms with E-state index in [2.05, 4.69) is 28.7 Å². The number of para-hydroxylation sites is 1. The van der Waals surface area contributed by atoms with E-state index in [4.69, 9.17) is 15.5 Å². The maximum Gasteiger partial charge on any atom is 0.306 e. The van der Waals surface area contributed by atoms with Gasteiger partial charge in [0.25, 0.3) is 0 Å². The monoisotopic (exact) mass is 397 g/mol. The van der Waals surface area contributed by atoms with Crippen molar-refractivity contribution >= 4 is 33.7 Å². The smallest absolute Gasteiger partial charge is 0.306 e. The molecule has 7 heteroatoms. The van der Waals surface area contributed by atoms with Gasteiger partial charge >= 0.3 is 5.97 Å². The van der Waals surface area contributed by atoms with Gasteiger partial charge in [0.05, 0.1) is 24.1 Å². The Hall–Kier alpha value is -2.67. The summed E-state index contributed by atoms with van der Waals surface area (Å²) in [7, 11) is 0. The summed E-state index contributed by atoms with van der Waals surface area (Å²) in [4.78, 5) is 21.5. The average molecular weight is 398 g/mol. The second-order valence-electron chi connectivity index (χ2n) is 7.94. The summed E-state index contributed by atoms with van der Waals surface area (Å²) in [6.07, 6.45) is 2.24. The molecule has 1 aromatic carbocycles. The van der Waals surface area contributed by atoms with Gasteiger partial charge in [-0.2, -0.15) is 0 Å². The highest BCUT2D eigenvalue weighted by Crippen LogP contribution is 2.30. The zero-order valence-corrected chi connectivity index (χ0v) is 17.8. The fourth-order valence-corrected chi connectivity index (χ4v) is 3.54. The Morgan fingerprint density at radius 3 is 2.72 bits per heavy atom. The number of imidazole rings is 1. The van der Waals surface area contributed by atoms with Gasteiger partial charge in [-0.05, 0) is 32.9 Å². The second kappa shape index (κ2) is 8.78. The summed E-state index contributed by atoms with van der Waals surface area (Å²) >= 11 is 0. The molecule has 156 valence electrons. The van der Waals surface area contributed by atoms with Crippen molar-refractivity contribution in [2.75, 3.05) is 12.3 Å². The van der Waals surface area contributed by atoms with Gasteiger partial charge in [0.2, 0.25) is 0 Å². The van der Waals surface area contributed by atoms with Crippen molar-refractivity contribution in [1.29, 1.82) is 0 Å². The molecule has 7 nitrogen and oxygen atoms in total. The normalized spacial score (nSPS) is 12.0. The Morgan fingerprint density at radius 1 is 1.24 bits per heavy atom. The van der Waals surface area contributed by atoms with E-state index in [1.165, 1.54) is 0 Å². The van der Waals surface area contributed by atoms with Crippen LogP contribution < -0.4 is 11.1 Å². The SMILES string of the molecule is CCCCC(=O)OC(C)(C)Cn1c(CNCC)nc2c(N)nc3ccccc3c21. The number of pyridine rings is 1. The molecular weight excluding hydrogens is 366 g/mol. The summed E-state index contributed by atoms with van der Waals surface area (Å²) in [5.41, 5.74) is 8.00. The van der Waals surface area contributed by atoms with E-state index in [-0.39, 0.29) is 5.97 Å². The van der Waals surface area contributed by atoms with E-state index < -0.39 is 5.60 Å². The van der Waals surface area contributed by atoms with Crippen LogP contribution in [0.5, 0.6) is 0 Å². The number of esters is 1. The number of hydrogen-bond acceptors (Lipinski definition) is 6. The molecule has 0 atom stereocenters. The van der Waals surface area contributed by atoms with Crippen molar-refractivity contribution in [2.45, 2.75) is 65.6 Å². The number of carbonyl (C=O) groups is 1. The standard InChI is InChI=1S/C22H31N5O2/c1-5-7-12-18(28)29-22(3,4)14-27-17(13-24-6-2)26-19-20(27)15-10-8-9-11-16(15)25-21(19)23/h8-11,24H,5-7,12-14H2,1-4H3,(H2,23,25). The summed E-state index contributed by atoms with van der Waals surface area (Å²) in [6.45, 7) is 9.89. The average Bonchev–Trinajstić information content (AvgIpc) is 3.03. The third-order valence-electron chi connectivity index (χ3n) is 4.89. The van der Waals surface area contributed by atoms with Crippen LogP contribution in [0.15, 0.2) is 24.3 Å². The van der Waals surface area contributed by atoms with Gasteiger partial charge in [-0.25, -0.2) is 9.97 Å². The molecule has 0 amide bonds. The first kappa shape index (κ1) is 21.0. The van der Waals surface area contributed by atoms with Crippen LogP contribution in [0.25, 0.3) is 21.9 Å². The van der Waals surface area contributed by atoms with Crippen LogP contribution in [-0.2, 0) is 22.6 Å². The lowest BCUT2D eigenvalue weighted by molar-refractivity contribution is -0.157. The Balaban J connectivity index is 2.07. The molecule has 0 saturated carbocycles. The molecule has 3 aromatic rings. The van der Waals surface area contributed by atoms with Crippen LogP contribution in [0.2, 0.25) is 0 Å². The first-order chi connectivity index (χ1) is 13.9. The van der Waals surface area contributed by atoms with Gasteiger partial charge in [-0.3, -0.25) is 4.79 Å². The number of unbranched alkanes of at least 4 members (excludes halogenated alkanes) is 1. The highest BCUT2D eigenvalue weighted by Gasteiger charge is 2.27. The summed E-state index contributed by atoms with van der Waals surface area (Å²) in [5, 5.41) is 4.32. The highest BCUT2D eigenvalue weighted by molar-refractivity contribution is 6.06. The van der Waals surface area contributed by atoms with E-state index in [0.717, 1.165) is 41.6 Å². The topological polar surface area (TPSA) is 95.1 Å². The van der Waals surface area contributed by atoms with Gasteiger partial charge in [0, 0.05) is 11.8 Å². The molecule has 2 heterocycles. The zero-order valence-electron chi connectivity index (χ0n) is 17.8. The van der Waals surface area contributed by atoms with E-state index >= 15 is 0 Å². The molecular formula is C22H31N5O2. The minimum atomic E-state index is -0.682. The number of nitrogens with zero attached hydrogens (tertiary/aromatic N) is 3. The number of nitrogens with one attached hydrogen (secondary N) is 1. The molecule has 3 N–H and O–H groups in total. The Labute approximate surface area is 171 Å². The molecule has 29 heavy (non-hydrogen) atoms. The fraction of sp³-hybridized carbons (Fsp3) is 0.500. The molecule has 0 unspecified atom stereocenters. The maximum absolute atomic E-state index is 12.2. The number of hydrogen-bond donors (Lipinski definition) is 2. The molecule has 0 spiro atoms. The number of fused-ring (bicyclic) bond motifs is 3. The van der Waals surface area contributed by atoms with Crippen LogP contribution in [-0.4, -0.2) is 32.7 Å². The van der Waals surface area contributed by atoms with Crippen molar-refractivity contribution in [1.82, 2.24) is 19.9 Å². The molecule has 0 fully saturated rings. The summed E-state index contributed by atoms with van der Waals surface area (Å²) in [6, 6.07) is 7.90. The van der Waals surface area contributed by atoms with Crippen molar-refractivity contribution in [3.8, 4) is 0 Å². The van der Waals surface area contributed by atoms with E-state index in [1.54, 1.807) is 0 Å². The number of carbonyl (C=O) groups excluding carboxylic acids is 1. The quantitative estimate of drug-likeness (QED) is 0.534. The summed E-state index contributed by atoms with van der Waals surface area (Å²) < 4.78 is 7.93. The molecule has 3 rings (SSSR count). The summed E-state index contributed by atoms with van der Waals surface area (Å²) in [5.74, 6) is 1.10. The molecule has 0 aliphatic rings. The number of rotatable bonds is 9. The Kier molecular flexibility index (Phi) is 6.37. The Morgan fingerprint density at radius 2 is 2.00 bits per heavy atom. The molecule has 0 aliphatic heterocycles. The fourth-order valence-electron chi connectivity index (χ4n) is 3.54. The minimum absolute atomic E-state index is 0.166. The largest absolute Gasteiger partial charge is 0.458 e. The predicted octanol–water partition coefficient (Wildman–Crippen LogP) is 3.79. The zero-order chi connectivity index (χ0) is 21.0. The number of nitrogen functional groups attached to an aromatic ring is 1. The minimum Gasteiger partial charge on any atom is -0.458 e. The number of benzene rings is 1. The van der Waals surface area contributed by atoms with Crippen molar-refractivity contribution in [3.63, 3.8) is 0 Å². The van der Waals surface area contributed by atoms with Crippen LogP contribution in [0, 0.1) is 0 Å². The molecule has 0 saturated heterocycles. The van der Waals surface area contributed by atoms with Crippen LogP contribution in [0.3, 0.4) is 0 Å². The first-order valence-corrected chi connectivity index (χ1v) is 10.3. The molecule has 0 radical (unpaired) electrons. The lowest BCUT2D eigenvalue weighted by atomic mass is 10.1. The lowest BCUT2D eigenvalue weighted by Gasteiger charge is -2.27. The second-order valence-corrected chi connectivity index (χ2v) is 7.94. The molecule has 0 aliphatic carbocycles. The van der Waals surface area contributed by atoms with E-state index in [1.807, 2.05) is 38.1 Å². The van der Waals surface area contributed by atoms with E-state index in [9.17, 15) is 4.79 Å². The van der Waals surface area contributed by atoms with Crippen molar-refractivity contribution < 1.29 is 9.53 Å². The van der Waals surface area contributed by atoms with Gasteiger partial charge < -0.3 is 20.4 Å². The van der Waals surface area contributed by atoms with Crippen molar-refractivity contribution in [2.24, 2.45) is 0 Å². The third-order valence-corrected chi connectivity index (χ3v) is 4.89. The van der Waals surface area contributed by atoms with Crippen LogP contribution in [0.1, 0.15) is 52.8 Å². The first-order valence-electron chi connectivity index (χ1n) is 10.3. The van der Waals surface area contributed by atoms with Gasteiger partial charge in [-0.1, -0.05) is 38.5 Å². The third kappa shape index (κ3) is 4.67. The van der Waals surface area contributed by atoms with Gasteiger partial charge in [-0.15, -0.1) is 0 Å². The lowest BCUT2D eigenvalue weighted by Crippen LogP contribution is -2.34. The number of anilines is 1. The van der Waals surface area contributed by atoms with E-state index in [0.29, 0.717) is 30.8 Å². The highest BCUT2D eigenvalue weighted by atomic mass is 16.6. The van der Waals surface area contributed by atoms with Gasteiger partial charge in [0.1, 0.15) is 16.9 Å². The number of nitrogens with two attached hydrogens (primary N) is 1. The molecule has 0 bridgehead atoms. The predicted molar refractivity (Wildman–Crippen MR) is 117 cm³/mol. The number of ether oxygens (including phenoxy) is 1. The van der Waals surface area contributed by atoms with Gasteiger partial charge in [0.15, 0.2) is 5.82 Å².